The van der Waals surface area contributed by atoms with Gasteiger partial charge in [-0.15, -0.1) is 0 Å². The van der Waals surface area contributed by atoms with Crippen molar-refractivity contribution in [3.05, 3.63) is 59.9 Å². The molecule has 0 aliphatic carbocycles. The van der Waals surface area contributed by atoms with Crippen LogP contribution in [0.3, 0.4) is 0 Å². The maximum absolute atomic E-state index is 13.5. The first kappa shape index (κ1) is 20.3. The van der Waals surface area contributed by atoms with E-state index in [1.54, 1.807) is 9.58 Å². The molecule has 0 radical (unpaired) electrons. The molecule has 1 aliphatic heterocycles. The first-order valence-corrected chi connectivity index (χ1v) is 9.92. The van der Waals surface area contributed by atoms with Gasteiger partial charge in [0.25, 0.3) is 5.91 Å². The van der Waals surface area contributed by atoms with Crippen LogP contribution in [0.15, 0.2) is 47.2 Å². The standard InChI is InChI=1S/C22H26N4O4/c1-15-10-17(25(4)24-15)11-26(12-18-13-29-22(2,3)30-18)21(27)19-20(28-14-23-19)16-8-6-5-7-9-16/h5-10,14,18H,11-13H2,1-4H3/t18-/m1/s1. The zero-order valence-electron chi connectivity index (χ0n) is 17.7. The van der Waals surface area contributed by atoms with Crippen molar-refractivity contribution in [2.45, 2.75) is 39.2 Å². The van der Waals surface area contributed by atoms with E-state index in [0.29, 0.717) is 25.5 Å². The minimum atomic E-state index is -0.661. The Labute approximate surface area is 175 Å². The van der Waals surface area contributed by atoms with Crippen LogP contribution in [0.2, 0.25) is 0 Å². The Balaban J connectivity index is 1.63. The number of aryl methyl sites for hydroxylation is 2. The lowest BCUT2D eigenvalue weighted by atomic mass is 10.1. The van der Waals surface area contributed by atoms with Crippen molar-refractivity contribution in [2.75, 3.05) is 13.2 Å². The number of hydrogen-bond acceptors (Lipinski definition) is 6. The van der Waals surface area contributed by atoms with Crippen molar-refractivity contribution in [3.63, 3.8) is 0 Å². The molecule has 1 fully saturated rings. The van der Waals surface area contributed by atoms with Gasteiger partial charge < -0.3 is 18.8 Å². The first-order valence-electron chi connectivity index (χ1n) is 9.92. The van der Waals surface area contributed by atoms with Gasteiger partial charge in [-0.25, -0.2) is 4.98 Å². The van der Waals surface area contributed by atoms with Crippen LogP contribution in [0, 0.1) is 6.92 Å². The molecular formula is C22H26N4O4. The van der Waals surface area contributed by atoms with Crippen LogP contribution >= 0.6 is 0 Å². The number of benzene rings is 1. The zero-order chi connectivity index (χ0) is 21.3. The Morgan fingerprint density at radius 3 is 2.70 bits per heavy atom. The number of nitrogens with zero attached hydrogens (tertiary/aromatic N) is 4. The predicted octanol–water partition coefficient (Wildman–Crippen LogP) is 3.18. The van der Waals surface area contributed by atoms with Crippen LogP contribution in [0.1, 0.15) is 35.7 Å². The molecule has 1 aliphatic rings. The Morgan fingerprint density at radius 2 is 2.07 bits per heavy atom. The normalized spacial score (nSPS) is 17.9. The highest BCUT2D eigenvalue weighted by Gasteiger charge is 2.35. The Bertz CT molecular complexity index is 1020. The molecule has 30 heavy (non-hydrogen) atoms. The van der Waals surface area contributed by atoms with Crippen LogP contribution in [-0.4, -0.2) is 50.6 Å². The highest BCUT2D eigenvalue weighted by Crippen LogP contribution is 2.27. The van der Waals surface area contributed by atoms with Gasteiger partial charge in [-0.3, -0.25) is 9.48 Å². The van der Waals surface area contributed by atoms with Gasteiger partial charge in [-0.05, 0) is 26.8 Å². The number of ether oxygens (including phenoxy) is 2. The van der Waals surface area contributed by atoms with Crippen LogP contribution in [-0.2, 0) is 23.1 Å². The lowest BCUT2D eigenvalue weighted by molar-refractivity contribution is -0.139. The summed E-state index contributed by atoms with van der Waals surface area (Å²) in [5.41, 5.74) is 2.89. The average Bonchev–Trinajstić information content (AvgIpc) is 3.40. The summed E-state index contributed by atoms with van der Waals surface area (Å²) < 4.78 is 19.0. The Hall–Kier alpha value is -2.97. The fraction of sp³-hybridized carbons (Fsp3) is 0.409. The molecule has 1 atom stereocenters. The molecule has 8 nitrogen and oxygen atoms in total. The summed E-state index contributed by atoms with van der Waals surface area (Å²) in [6.45, 7) is 6.83. The summed E-state index contributed by atoms with van der Waals surface area (Å²) in [6, 6.07) is 11.5. The van der Waals surface area contributed by atoms with E-state index in [-0.39, 0.29) is 17.7 Å². The van der Waals surface area contributed by atoms with E-state index in [1.165, 1.54) is 6.39 Å². The fourth-order valence-corrected chi connectivity index (χ4v) is 3.67. The number of amides is 1. The van der Waals surface area contributed by atoms with Gasteiger partial charge >= 0.3 is 0 Å². The number of rotatable bonds is 6. The lowest BCUT2D eigenvalue weighted by Gasteiger charge is -2.25. The molecule has 1 amide bonds. The maximum atomic E-state index is 13.5. The summed E-state index contributed by atoms with van der Waals surface area (Å²) in [5.74, 6) is -0.434. The van der Waals surface area contributed by atoms with E-state index < -0.39 is 5.79 Å². The van der Waals surface area contributed by atoms with Crippen molar-refractivity contribution in [1.29, 1.82) is 0 Å². The monoisotopic (exact) mass is 410 g/mol. The molecule has 3 aromatic rings. The molecule has 3 heterocycles. The highest BCUT2D eigenvalue weighted by molar-refractivity contribution is 5.97. The molecule has 4 rings (SSSR count). The smallest absolute Gasteiger partial charge is 0.276 e. The SMILES string of the molecule is Cc1cc(CN(C[C@@H]2COC(C)(C)O2)C(=O)c2ncoc2-c2ccccc2)n(C)n1. The quantitative estimate of drug-likeness (QED) is 0.621. The van der Waals surface area contributed by atoms with Gasteiger partial charge in [-0.2, -0.15) is 5.10 Å². The van der Waals surface area contributed by atoms with Gasteiger partial charge in [-0.1, -0.05) is 30.3 Å². The van der Waals surface area contributed by atoms with E-state index in [1.807, 2.05) is 64.2 Å². The second-order valence-corrected chi connectivity index (χ2v) is 7.93. The molecule has 0 unspecified atom stereocenters. The lowest BCUT2D eigenvalue weighted by Crippen LogP contribution is -2.39. The third-order valence-corrected chi connectivity index (χ3v) is 5.04. The molecule has 1 aromatic carbocycles. The summed E-state index contributed by atoms with van der Waals surface area (Å²) in [6.07, 6.45) is 1.07. The molecule has 0 saturated carbocycles. The second-order valence-electron chi connectivity index (χ2n) is 7.93. The second kappa shape index (κ2) is 8.04. The van der Waals surface area contributed by atoms with E-state index in [4.69, 9.17) is 13.9 Å². The van der Waals surface area contributed by atoms with Crippen molar-refractivity contribution < 1.29 is 18.7 Å². The summed E-state index contributed by atoms with van der Waals surface area (Å²) in [5, 5.41) is 4.39. The number of carbonyl (C=O) groups excluding carboxylic acids is 1. The van der Waals surface area contributed by atoms with E-state index in [9.17, 15) is 4.79 Å². The largest absolute Gasteiger partial charge is 0.443 e. The van der Waals surface area contributed by atoms with Gasteiger partial charge in [0.05, 0.1) is 31.1 Å². The zero-order valence-corrected chi connectivity index (χ0v) is 17.7. The molecule has 8 heteroatoms. The molecule has 1 saturated heterocycles. The molecule has 2 aromatic heterocycles. The van der Waals surface area contributed by atoms with Gasteiger partial charge in [0.1, 0.15) is 6.10 Å². The minimum Gasteiger partial charge on any atom is -0.443 e. The fourth-order valence-electron chi connectivity index (χ4n) is 3.67. The summed E-state index contributed by atoms with van der Waals surface area (Å²) in [7, 11) is 1.87. The molecule has 0 spiro atoms. The van der Waals surface area contributed by atoms with Gasteiger partial charge in [0.15, 0.2) is 23.6 Å². The van der Waals surface area contributed by atoms with Crippen LogP contribution < -0.4 is 0 Å². The first-order chi connectivity index (χ1) is 14.3. The van der Waals surface area contributed by atoms with Crippen LogP contribution in [0.25, 0.3) is 11.3 Å². The number of oxazole rings is 1. The predicted molar refractivity (Wildman–Crippen MR) is 110 cm³/mol. The van der Waals surface area contributed by atoms with Crippen LogP contribution in [0.5, 0.6) is 0 Å². The maximum Gasteiger partial charge on any atom is 0.276 e. The average molecular weight is 410 g/mol. The van der Waals surface area contributed by atoms with Crippen molar-refractivity contribution in [1.82, 2.24) is 19.7 Å². The van der Waals surface area contributed by atoms with Crippen LogP contribution in [0.4, 0.5) is 0 Å². The number of hydrogen-bond donors (Lipinski definition) is 0. The summed E-state index contributed by atoms with van der Waals surface area (Å²) in [4.78, 5) is 19.5. The number of carbonyl (C=O) groups is 1. The van der Waals surface area contributed by atoms with E-state index in [0.717, 1.165) is 17.0 Å². The number of aromatic nitrogens is 3. The highest BCUT2D eigenvalue weighted by atomic mass is 16.7. The molecule has 0 N–H and O–H groups in total. The molecular weight excluding hydrogens is 384 g/mol. The molecule has 158 valence electrons. The van der Waals surface area contributed by atoms with Crippen molar-refractivity contribution in [2.24, 2.45) is 7.05 Å². The van der Waals surface area contributed by atoms with E-state index >= 15 is 0 Å². The van der Waals surface area contributed by atoms with Gasteiger partial charge in [0, 0.05) is 12.6 Å². The Morgan fingerprint density at radius 1 is 1.30 bits per heavy atom. The van der Waals surface area contributed by atoms with E-state index in [2.05, 4.69) is 10.1 Å². The minimum absolute atomic E-state index is 0.227. The summed E-state index contributed by atoms with van der Waals surface area (Å²) >= 11 is 0. The van der Waals surface area contributed by atoms with Crippen molar-refractivity contribution in [3.8, 4) is 11.3 Å². The third kappa shape index (κ3) is 4.29. The van der Waals surface area contributed by atoms with Gasteiger partial charge in [0.2, 0.25) is 0 Å². The topological polar surface area (TPSA) is 82.6 Å². The Kier molecular flexibility index (Phi) is 5.44. The third-order valence-electron chi connectivity index (χ3n) is 5.04. The molecule has 0 bridgehead atoms. The van der Waals surface area contributed by atoms with Crippen molar-refractivity contribution >= 4 is 5.91 Å².